The highest BCUT2D eigenvalue weighted by molar-refractivity contribution is 7.85. The van der Waals surface area contributed by atoms with E-state index < -0.39 is 94.7 Å². The second kappa shape index (κ2) is 19.1. The van der Waals surface area contributed by atoms with Crippen molar-refractivity contribution in [1.82, 2.24) is 20.9 Å². The molecular formula is C29H38N4O18S. The Morgan fingerprint density at radius 2 is 1.69 bits per heavy atom. The number of nitrogens with one attached hydrogen (secondary N) is 3. The predicted molar refractivity (Wildman–Crippen MR) is 169 cm³/mol. The first-order chi connectivity index (χ1) is 24.5. The van der Waals surface area contributed by atoms with Crippen molar-refractivity contribution in [3.8, 4) is 11.5 Å². The number of carboxylic acid groups (broad SMARTS) is 1. The average Bonchev–Trinajstić information content (AvgIpc) is 3.41. The number of carboxylic acids is 1. The minimum atomic E-state index is -4.73. The molecule has 0 saturated carbocycles. The summed E-state index contributed by atoms with van der Waals surface area (Å²) in [5.74, 6) is -5.86. The fraction of sp³-hybridized carbons (Fsp3) is 0.517. The van der Waals surface area contributed by atoms with Gasteiger partial charge >= 0.3 is 12.1 Å². The Kier molecular flexibility index (Phi) is 15.2. The molecule has 23 heteroatoms. The van der Waals surface area contributed by atoms with E-state index in [1.165, 1.54) is 25.2 Å². The molecule has 0 bridgehead atoms. The number of amides is 5. The van der Waals surface area contributed by atoms with Gasteiger partial charge in [-0.1, -0.05) is 0 Å². The minimum Gasteiger partial charge on any atom is -0.491 e. The van der Waals surface area contributed by atoms with Gasteiger partial charge in [-0.15, -0.1) is 0 Å². The lowest BCUT2D eigenvalue weighted by molar-refractivity contribution is -0.271. The smallest absolute Gasteiger partial charge is 0.407 e. The third-order valence-corrected chi connectivity index (χ3v) is 7.94. The lowest BCUT2D eigenvalue weighted by atomic mass is 9.99. The molecule has 1 unspecified atom stereocenters. The molecule has 6 atom stereocenters. The number of aliphatic carboxylic acids is 1. The molecule has 2 heterocycles. The molecule has 0 aliphatic carbocycles. The van der Waals surface area contributed by atoms with E-state index in [-0.39, 0.29) is 51.0 Å². The van der Waals surface area contributed by atoms with E-state index in [0.29, 0.717) is 5.56 Å². The summed E-state index contributed by atoms with van der Waals surface area (Å²) in [7, 11) is -3.38. The molecule has 1 aromatic carbocycles. The number of rotatable bonds is 19. The van der Waals surface area contributed by atoms with Crippen molar-refractivity contribution in [2.24, 2.45) is 0 Å². The Labute approximate surface area is 295 Å². The number of aliphatic hydroxyl groups is 3. The first-order valence-corrected chi connectivity index (χ1v) is 16.9. The Balaban J connectivity index is 1.52. The van der Waals surface area contributed by atoms with Gasteiger partial charge in [0, 0.05) is 50.3 Å². The molecule has 52 heavy (non-hydrogen) atoms. The van der Waals surface area contributed by atoms with E-state index in [1.807, 2.05) is 0 Å². The van der Waals surface area contributed by atoms with Crippen LogP contribution in [0.25, 0.3) is 0 Å². The number of aliphatic hydroxyl groups excluding tert-OH is 3. The van der Waals surface area contributed by atoms with E-state index >= 15 is 0 Å². The third-order valence-electron chi connectivity index (χ3n) is 7.19. The van der Waals surface area contributed by atoms with Gasteiger partial charge < -0.3 is 60.1 Å². The first-order valence-electron chi connectivity index (χ1n) is 15.3. The number of imide groups is 1. The van der Waals surface area contributed by atoms with Crippen molar-refractivity contribution < 1.29 is 85.8 Å². The normalized spacial score (nSPS) is 22.0. The van der Waals surface area contributed by atoms with Gasteiger partial charge in [-0.25, -0.2) is 9.59 Å². The first kappa shape index (κ1) is 41.5. The lowest BCUT2D eigenvalue weighted by Gasteiger charge is -2.38. The number of ether oxygens (including phenoxy) is 5. The van der Waals surface area contributed by atoms with Crippen molar-refractivity contribution in [3.05, 3.63) is 35.9 Å². The van der Waals surface area contributed by atoms with Crippen LogP contribution in [0.4, 0.5) is 4.79 Å². The maximum absolute atomic E-state index is 12.6. The van der Waals surface area contributed by atoms with Gasteiger partial charge in [0.05, 0.1) is 13.2 Å². The monoisotopic (exact) mass is 762 g/mol. The molecule has 0 spiro atoms. The molecule has 1 aromatic rings. The molecule has 1 saturated heterocycles. The molecule has 0 radical (unpaired) electrons. The zero-order valence-electron chi connectivity index (χ0n) is 27.4. The number of benzene rings is 1. The molecule has 3 rings (SSSR count). The average molecular weight is 763 g/mol. The summed E-state index contributed by atoms with van der Waals surface area (Å²) in [4.78, 5) is 72.0. The minimum absolute atomic E-state index is 0.0410. The van der Waals surface area contributed by atoms with Crippen LogP contribution in [0.1, 0.15) is 12.0 Å². The fourth-order valence-electron chi connectivity index (χ4n) is 4.57. The van der Waals surface area contributed by atoms with Crippen LogP contribution in [-0.4, -0.2) is 156 Å². The molecule has 8 N–H and O–H groups in total. The SMILES string of the molecule is CNC(=O)OCc1ccc(O[C@@H]2O[C@H](C(=O)O)[C@@H](O)[C@H](O)[C@H]2O)cc1OCCOCCNC(=O)C(CS(=O)(=O)O)NC(=O)CCN1C(=O)C=CC1=O. The van der Waals surface area contributed by atoms with Crippen molar-refractivity contribution in [2.45, 2.75) is 49.8 Å². The molecule has 1 fully saturated rings. The van der Waals surface area contributed by atoms with Crippen molar-refractivity contribution >= 4 is 45.8 Å². The van der Waals surface area contributed by atoms with Crippen LogP contribution in [0.5, 0.6) is 11.5 Å². The van der Waals surface area contributed by atoms with E-state index in [1.54, 1.807) is 0 Å². The van der Waals surface area contributed by atoms with Crippen LogP contribution in [-0.2, 0) is 54.9 Å². The highest BCUT2D eigenvalue weighted by Crippen LogP contribution is 2.29. The highest BCUT2D eigenvalue weighted by Gasteiger charge is 2.48. The maximum atomic E-state index is 12.6. The lowest BCUT2D eigenvalue weighted by Crippen LogP contribution is -2.61. The zero-order chi connectivity index (χ0) is 38.6. The van der Waals surface area contributed by atoms with Gasteiger partial charge in [-0.3, -0.25) is 28.6 Å². The van der Waals surface area contributed by atoms with Crippen LogP contribution in [0.15, 0.2) is 30.4 Å². The van der Waals surface area contributed by atoms with Gasteiger partial charge in [0.25, 0.3) is 21.9 Å². The highest BCUT2D eigenvalue weighted by atomic mass is 32.2. The van der Waals surface area contributed by atoms with Crippen LogP contribution >= 0.6 is 0 Å². The van der Waals surface area contributed by atoms with Gasteiger partial charge in [0.2, 0.25) is 18.1 Å². The van der Waals surface area contributed by atoms with Gasteiger partial charge in [-0.2, -0.15) is 8.42 Å². The quantitative estimate of drug-likeness (QED) is 0.0378. The summed E-state index contributed by atoms with van der Waals surface area (Å²) in [5.41, 5.74) is 0.328. The summed E-state index contributed by atoms with van der Waals surface area (Å²) < 4.78 is 58.9. The summed E-state index contributed by atoms with van der Waals surface area (Å²) >= 11 is 0. The Morgan fingerprint density at radius 1 is 1.00 bits per heavy atom. The second-order valence-corrected chi connectivity index (χ2v) is 12.5. The molecule has 22 nitrogen and oxygen atoms in total. The van der Waals surface area contributed by atoms with E-state index in [0.717, 1.165) is 17.1 Å². The predicted octanol–water partition coefficient (Wildman–Crippen LogP) is -3.99. The number of hydrogen-bond acceptors (Lipinski definition) is 16. The molecule has 2 aliphatic rings. The van der Waals surface area contributed by atoms with Crippen molar-refractivity contribution in [3.63, 3.8) is 0 Å². The Morgan fingerprint density at radius 3 is 2.33 bits per heavy atom. The van der Waals surface area contributed by atoms with Gasteiger partial charge in [0.15, 0.2) is 6.10 Å². The summed E-state index contributed by atoms with van der Waals surface area (Å²) in [6, 6.07) is 2.34. The van der Waals surface area contributed by atoms with Crippen LogP contribution in [0, 0.1) is 0 Å². The number of nitrogens with zero attached hydrogens (tertiary/aromatic N) is 1. The van der Waals surface area contributed by atoms with E-state index in [2.05, 4.69) is 16.0 Å². The van der Waals surface area contributed by atoms with Gasteiger partial charge in [-0.05, 0) is 12.1 Å². The molecule has 5 amide bonds. The molecular weight excluding hydrogens is 724 g/mol. The number of carbonyl (C=O) groups excluding carboxylic acids is 5. The third kappa shape index (κ3) is 12.4. The molecule has 0 aromatic heterocycles. The second-order valence-electron chi connectivity index (χ2n) is 11.0. The zero-order valence-corrected chi connectivity index (χ0v) is 28.2. The van der Waals surface area contributed by atoms with Crippen LogP contribution in [0.3, 0.4) is 0 Å². The summed E-state index contributed by atoms with van der Waals surface area (Å²) in [6.07, 6.45) is -8.47. The topological polar surface area (TPSA) is 323 Å². The maximum Gasteiger partial charge on any atom is 0.407 e. The standard InChI is InChI=1S/C29H38N4O18S/c1-30-29(43)49-13-15-2-3-16(50-28-24(39)22(37)23(38)25(51-28)27(41)42)12-18(15)48-11-10-47-9-7-31-26(40)17(14-52(44,45)46)32-19(34)6-8-33-20(35)4-5-21(33)36/h2-5,12,17,22-25,28,37-39H,6-11,13-14H2,1H3,(H,30,43)(H,31,40)(H,32,34)(H,41,42)(H,44,45,46)/t17?,22-,23-,24+,25-,28+/m0/s1. The van der Waals surface area contributed by atoms with Crippen molar-refractivity contribution in [2.75, 3.05) is 45.7 Å². The summed E-state index contributed by atoms with van der Waals surface area (Å²) in [5, 5.41) is 46.2. The van der Waals surface area contributed by atoms with E-state index in [9.17, 15) is 62.2 Å². The molecule has 2 aliphatic heterocycles. The Bertz CT molecular complexity index is 1600. The summed E-state index contributed by atoms with van der Waals surface area (Å²) in [6.45, 7) is -1.16. The van der Waals surface area contributed by atoms with Gasteiger partial charge in [0.1, 0.15) is 54.8 Å². The number of hydrogen-bond donors (Lipinski definition) is 8. The largest absolute Gasteiger partial charge is 0.491 e. The van der Waals surface area contributed by atoms with Crippen LogP contribution < -0.4 is 25.4 Å². The number of alkyl carbamates (subject to hydrolysis) is 1. The number of carbonyl (C=O) groups is 6. The molecule has 288 valence electrons. The fourth-order valence-corrected chi connectivity index (χ4v) is 5.22. The van der Waals surface area contributed by atoms with Crippen molar-refractivity contribution in [1.29, 1.82) is 0 Å². The van der Waals surface area contributed by atoms with E-state index in [4.69, 9.17) is 23.7 Å². The van der Waals surface area contributed by atoms with Crippen LogP contribution in [0.2, 0.25) is 0 Å². The Hall–Kier alpha value is -4.91.